The number of benzene rings is 2. The molecular formula is C42H54Cl2N3O5S+. The number of amides is 1. The van der Waals surface area contributed by atoms with Gasteiger partial charge in [-0.2, -0.15) is 4.58 Å². The minimum Gasteiger partial charge on any atom is -0.443 e. The number of carbonyl (C=O) groups is 1. The maximum Gasteiger partial charge on any atom is 0.414 e. The van der Waals surface area contributed by atoms with Crippen LogP contribution in [0.15, 0.2) is 83.2 Å². The van der Waals surface area contributed by atoms with Gasteiger partial charge in [-0.3, -0.25) is 4.90 Å². The molecule has 2 heterocycles. The summed E-state index contributed by atoms with van der Waals surface area (Å²) in [6.45, 7) is 18.5. The van der Waals surface area contributed by atoms with Crippen LogP contribution < -0.4 is 4.90 Å². The van der Waals surface area contributed by atoms with Crippen molar-refractivity contribution in [1.82, 2.24) is 4.90 Å². The van der Waals surface area contributed by atoms with Crippen molar-refractivity contribution < 1.29 is 28.7 Å². The van der Waals surface area contributed by atoms with Crippen molar-refractivity contribution in [2.75, 3.05) is 30.8 Å². The molecule has 0 spiro atoms. The number of fused-ring (bicyclic) bond motifs is 2. The van der Waals surface area contributed by atoms with Crippen LogP contribution in [0.5, 0.6) is 0 Å². The van der Waals surface area contributed by atoms with Crippen molar-refractivity contribution in [3.8, 4) is 0 Å². The van der Waals surface area contributed by atoms with Gasteiger partial charge in [-0.05, 0) is 107 Å². The van der Waals surface area contributed by atoms with Crippen LogP contribution in [0.1, 0.15) is 98.6 Å². The molecule has 286 valence electrons. The number of rotatable bonds is 13. The average Bonchev–Trinajstić information content (AvgIpc) is 3.65. The normalized spacial score (nSPS) is 19.3. The van der Waals surface area contributed by atoms with Crippen LogP contribution in [0, 0.1) is 0 Å². The number of likely N-dealkylation sites (N-methyl/N-ethyl adjacent to an activating group) is 1. The molecule has 0 saturated carbocycles. The molecule has 2 aromatic carbocycles. The summed E-state index contributed by atoms with van der Waals surface area (Å²) >= 11 is 14.1. The van der Waals surface area contributed by atoms with Gasteiger partial charge in [-0.15, -0.1) is 4.33 Å². The third-order valence-corrected chi connectivity index (χ3v) is 11.4. The maximum absolute atomic E-state index is 13.7. The lowest BCUT2D eigenvalue weighted by molar-refractivity contribution is -0.438. The third kappa shape index (κ3) is 8.93. The first kappa shape index (κ1) is 41.1. The molecule has 0 bridgehead atoms. The molecule has 0 fully saturated rings. The molecule has 1 N–H and O–H groups in total. The van der Waals surface area contributed by atoms with Crippen molar-refractivity contribution in [1.29, 1.82) is 0 Å². The van der Waals surface area contributed by atoms with Gasteiger partial charge in [0.05, 0.1) is 11.1 Å². The second-order valence-electron chi connectivity index (χ2n) is 15.9. The summed E-state index contributed by atoms with van der Waals surface area (Å²) in [6.07, 6.45) is 12.9. The Morgan fingerprint density at radius 3 is 2.38 bits per heavy atom. The maximum atomic E-state index is 13.7. The molecule has 5 rings (SSSR count). The predicted molar refractivity (Wildman–Crippen MR) is 218 cm³/mol. The Kier molecular flexibility index (Phi) is 13.0. The Labute approximate surface area is 329 Å². The fourth-order valence-corrected chi connectivity index (χ4v) is 8.38. The van der Waals surface area contributed by atoms with Gasteiger partial charge in [-0.1, -0.05) is 67.6 Å². The highest BCUT2D eigenvalue weighted by molar-refractivity contribution is 7.94. The van der Waals surface area contributed by atoms with Crippen molar-refractivity contribution >= 4 is 58.4 Å². The van der Waals surface area contributed by atoms with E-state index in [0.717, 1.165) is 96.1 Å². The Hall–Kier alpha value is -3.05. The molecule has 0 saturated heterocycles. The summed E-state index contributed by atoms with van der Waals surface area (Å²) in [7, 11) is 1.81. The molecule has 2 aromatic rings. The lowest BCUT2D eigenvalue weighted by Gasteiger charge is -2.28. The number of carbonyl (C=O) groups excluding carboxylic acids is 1. The summed E-state index contributed by atoms with van der Waals surface area (Å²) in [6, 6.07) is 12.3. The van der Waals surface area contributed by atoms with E-state index in [4.69, 9.17) is 33.2 Å². The number of hydrogen-bond donors (Lipinski definition) is 1. The number of hydrogen-bond acceptors (Lipinski definition) is 7. The molecule has 0 unspecified atom stereocenters. The standard InChI is InChI=1S/C42H53Cl2N3O5S/c1-10-11-23-46-34-19-17-30(43)26-32(34)41(5,6)36(46)21-15-28-13-14-29(38(28)45(9)39(48)50-40(2,3)4)16-22-37-42(7,8)33-27-31(44)18-20-35(33)47(37)24-12-25-53-52-51-49/h15-22,26-27H,10-14,23-25H2,1-9H3/p+1. The zero-order chi connectivity index (χ0) is 38.7. The van der Waals surface area contributed by atoms with E-state index in [9.17, 15) is 4.79 Å². The van der Waals surface area contributed by atoms with Gasteiger partial charge >= 0.3 is 6.09 Å². The first-order chi connectivity index (χ1) is 25.0. The van der Waals surface area contributed by atoms with Crippen LogP contribution in [0.25, 0.3) is 0 Å². The van der Waals surface area contributed by atoms with E-state index in [2.05, 4.69) is 96.0 Å². The van der Waals surface area contributed by atoms with E-state index in [1.165, 1.54) is 16.9 Å². The van der Waals surface area contributed by atoms with Crippen molar-refractivity contribution in [3.63, 3.8) is 0 Å². The molecule has 8 nitrogen and oxygen atoms in total. The fourth-order valence-electron chi connectivity index (χ4n) is 7.68. The lowest BCUT2D eigenvalue weighted by Crippen LogP contribution is -2.34. The molecule has 1 aliphatic carbocycles. The molecule has 2 aliphatic heterocycles. The summed E-state index contributed by atoms with van der Waals surface area (Å²) in [4.78, 5) is 17.8. The third-order valence-electron chi connectivity index (χ3n) is 10.3. The van der Waals surface area contributed by atoms with Crippen molar-refractivity contribution in [3.05, 3.63) is 104 Å². The van der Waals surface area contributed by atoms with Gasteiger partial charge in [0.25, 0.3) is 0 Å². The van der Waals surface area contributed by atoms with Crippen LogP contribution in [0.4, 0.5) is 16.2 Å². The smallest absolute Gasteiger partial charge is 0.414 e. The minimum atomic E-state index is -0.642. The number of unbranched alkanes of at least 4 members (excludes halogenated alkanes) is 1. The Balaban J connectivity index is 1.59. The van der Waals surface area contributed by atoms with Gasteiger partial charge in [0.1, 0.15) is 12.1 Å². The van der Waals surface area contributed by atoms with Crippen LogP contribution in [0.2, 0.25) is 10.0 Å². The predicted octanol–water partition coefficient (Wildman–Crippen LogP) is 11.7. The van der Waals surface area contributed by atoms with E-state index < -0.39 is 11.7 Å². The topological polar surface area (TPSA) is 74.5 Å². The molecule has 53 heavy (non-hydrogen) atoms. The number of allylic oxidation sites excluding steroid dienone is 7. The Morgan fingerprint density at radius 1 is 1.00 bits per heavy atom. The van der Waals surface area contributed by atoms with E-state index in [0.29, 0.717) is 10.8 Å². The highest BCUT2D eigenvalue weighted by Gasteiger charge is 2.45. The Morgan fingerprint density at radius 2 is 1.70 bits per heavy atom. The second-order valence-corrected chi connectivity index (χ2v) is 17.6. The molecular weight excluding hydrogens is 729 g/mol. The number of halogens is 2. The van der Waals surface area contributed by atoms with E-state index in [1.54, 1.807) is 11.9 Å². The van der Waals surface area contributed by atoms with Gasteiger partial charge in [0.2, 0.25) is 5.69 Å². The van der Waals surface area contributed by atoms with Crippen molar-refractivity contribution in [2.45, 2.75) is 104 Å². The van der Waals surface area contributed by atoms with E-state index in [1.807, 2.05) is 39.0 Å². The number of nitrogens with zero attached hydrogens (tertiary/aromatic N) is 3. The number of ether oxygens (including phenoxy) is 1. The molecule has 0 radical (unpaired) electrons. The van der Waals surface area contributed by atoms with E-state index >= 15 is 0 Å². The SMILES string of the molecule is CCCCN1/C(=C/C=C2\CCC(/C=C/C3=[N+](CCCSOOO)c4ccc(Cl)cc4C3(C)C)=C2N(C)C(=O)OC(C)(C)C)C(C)(C)c2cc(Cl)ccc21. The summed E-state index contributed by atoms with van der Waals surface area (Å²) in [5, 5.41) is 13.8. The zero-order valence-electron chi connectivity index (χ0n) is 32.5. The quantitative estimate of drug-likeness (QED) is 0.0713. The van der Waals surface area contributed by atoms with Gasteiger partial charge < -0.3 is 9.64 Å². The monoisotopic (exact) mass is 782 g/mol. The van der Waals surface area contributed by atoms with Gasteiger partial charge in [-0.25, -0.2) is 10.1 Å². The molecule has 1 amide bonds. The highest BCUT2D eigenvalue weighted by atomic mass is 35.5. The number of anilines is 1. The van der Waals surface area contributed by atoms with Crippen LogP contribution in [0.3, 0.4) is 0 Å². The first-order valence-corrected chi connectivity index (χ1v) is 20.1. The van der Waals surface area contributed by atoms with Gasteiger partial charge in [0, 0.05) is 82.4 Å². The fraction of sp³-hybridized carbons (Fsp3) is 0.476. The van der Waals surface area contributed by atoms with Gasteiger partial charge in [0.15, 0.2) is 5.71 Å². The summed E-state index contributed by atoms with van der Waals surface area (Å²) in [5.74, 6) is 0.627. The average molecular weight is 784 g/mol. The first-order valence-electron chi connectivity index (χ1n) is 18.4. The Bertz CT molecular complexity index is 1870. The summed E-state index contributed by atoms with van der Waals surface area (Å²) in [5.41, 5.74) is 8.80. The van der Waals surface area contributed by atoms with Crippen LogP contribution >= 0.6 is 35.2 Å². The second kappa shape index (κ2) is 16.8. The largest absolute Gasteiger partial charge is 0.443 e. The molecule has 0 atom stereocenters. The van der Waals surface area contributed by atoms with Crippen LogP contribution in [-0.4, -0.2) is 58.0 Å². The van der Waals surface area contributed by atoms with Crippen LogP contribution in [-0.2, 0) is 24.9 Å². The minimum absolute atomic E-state index is 0.255. The molecule has 3 aliphatic rings. The molecule has 0 aromatic heterocycles. The van der Waals surface area contributed by atoms with E-state index in [-0.39, 0.29) is 10.8 Å². The lowest BCUT2D eigenvalue weighted by atomic mass is 9.81. The van der Waals surface area contributed by atoms with Crippen molar-refractivity contribution in [2.24, 2.45) is 0 Å². The molecule has 11 heteroatoms. The zero-order valence-corrected chi connectivity index (χ0v) is 34.8. The summed E-state index contributed by atoms with van der Waals surface area (Å²) < 4.78 is 12.8. The highest BCUT2D eigenvalue weighted by Crippen LogP contribution is 2.49.